The smallest absolute Gasteiger partial charge is 0.235 e. The number of nitrogens with one attached hydrogen (secondary N) is 1. The molecule has 1 heterocycles. The number of ether oxygens (including phenoxy) is 2. The van der Waals surface area contributed by atoms with Gasteiger partial charge in [-0.15, -0.1) is 23.2 Å². The molecule has 2 bridgehead atoms. The topological polar surface area (TPSA) is 84.9 Å². The second-order valence-electron chi connectivity index (χ2n) is 9.66. The van der Waals surface area contributed by atoms with E-state index in [2.05, 4.69) is 5.32 Å². The molecule has 1 saturated heterocycles. The van der Waals surface area contributed by atoms with Gasteiger partial charge in [0.1, 0.15) is 21.2 Å². The van der Waals surface area contributed by atoms with Crippen LogP contribution >= 0.6 is 23.2 Å². The van der Waals surface area contributed by atoms with E-state index in [0.717, 1.165) is 27.2 Å². The number of nitrogens with zero attached hydrogens (tertiary/aromatic N) is 1. The summed E-state index contributed by atoms with van der Waals surface area (Å²) in [5, 5.41) is 2.78. The average Bonchev–Trinajstić information content (AvgIpc) is 3.21. The van der Waals surface area contributed by atoms with Gasteiger partial charge in [0, 0.05) is 19.0 Å². The van der Waals surface area contributed by atoms with Crippen LogP contribution in [-0.2, 0) is 24.1 Å². The number of hydrogen-bond acceptors (Lipinski definition) is 5. The van der Waals surface area contributed by atoms with Crippen LogP contribution in [0.3, 0.4) is 0 Å². The van der Waals surface area contributed by atoms with Crippen LogP contribution in [0.25, 0.3) is 0 Å². The van der Waals surface area contributed by atoms with E-state index in [1.165, 1.54) is 14.2 Å². The summed E-state index contributed by atoms with van der Waals surface area (Å²) in [5.74, 6) is -1.97. The Labute approximate surface area is 229 Å². The molecule has 7 nitrogen and oxygen atoms in total. The van der Waals surface area contributed by atoms with Gasteiger partial charge in [0.2, 0.25) is 17.7 Å². The lowest BCUT2D eigenvalue weighted by Crippen LogP contribution is -2.57. The lowest BCUT2D eigenvalue weighted by atomic mass is 9.54. The van der Waals surface area contributed by atoms with Gasteiger partial charge in [-0.2, -0.15) is 0 Å². The van der Waals surface area contributed by atoms with Crippen molar-refractivity contribution < 1.29 is 23.9 Å². The molecule has 2 atom stereocenters. The highest BCUT2D eigenvalue weighted by Crippen LogP contribution is 2.69. The second kappa shape index (κ2) is 8.75. The fraction of sp³-hybridized carbons (Fsp3) is 0.276. The van der Waals surface area contributed by atoms with Gasteiger partial charge in [-0.25, -0.2) is 0 Å². The highest BCUT2D eigenvalue weighted by atomic mass is 35.5. The third-order valence-corrected chi connectivity index (χ3v) is 9.21. The highest BCUT2D eigenvalue weighted by Gasteiger charge is 2.72. The van der Waals surface area contributed by atoms with Crippen LogP contribution < -0.4 is 14.8 Å². The molecule has 1 fully saturated rings. The number of alkyl halides is 2. The number of carbonyl (C=O) groups excluding carboxylic acids is 3. The zero-order chi connectivity index (χ0) is 26.8. The lowest BCUT2D eigenvalue weighted by molar-refractivity contribution is -0.140. The molecule has 0 spiro atoms. The summed E-state index contributed by atoms with van der Waals surface area (Å²) in [6, 6.07) is 20.0. The Morgan fingerprint density at radius 3 is 1.79 bits per heavy atom. The standard InChI is InChI=1S/C29H24Cl2N2O5/c1-37-16-11-12-21(22(15-16)38-2)32-23(34)13-14-33-26(35)24-25(27(33)36)29(31)18-8-4-3-7-17(18)28(24,30)19-9-5-6-10-20(19)29/h3-12,15,24-25H,13-14H2,1-2H3,(H,32,34)/t24-,25-,28?,29?/m1/s1. The summed E-state index contributed by atoms with van der Waals surface area (Å²) in [6.45, 7) is -0.0956. The highest BCUT2D eigenvalue weighted by molar-refractivity contribution is 6.36. The molecule has 3 aliphatic carbocycles. The molecule has 38 heavy (non-hydrogen) atoms. The summed E-state index contributed by atoms with van der Waals surface area (Å²) in [7, 11) is 3.02. The van der Waals surface area contributed by atoms with Gasteiger partial charge < -0.3 is 14.8 Å². The maximum atomic E-state index is 13.8. The molecular formula is C29H24Cl2N2O5. The number of anilines is 1. The molecule has 3 amide bonds. The predicted octanol–water partition coefficient (Wildman–Crippen LogP) is 4.63. The maximum Gasteiger partial charge on any atom is 0.235 e. The number of rotatable bonds is 6. The van der Waals surface area contributed by atoms with E-state index in [1.54, 1.807) is 18.2 Å². The number of benzene rings is 3. The summed E-state index contributed by atoms with van der Waals surface area (Å²) < 4.78 is 10.5. The first-order valence-electron chi connectivity index (χ1n) is 12.2. The first kappa shape index (κ1) is 24.8. The Bertz CT molecular complexity index is 1380. The molecule has 7 rings (SSSR count). The van der Waals surface area contributed by atoms with Crippen molar-refractivity contribution in [1.29, 1.82) is 0 Å². The van der Waals surface area contributed by atoms with Gasteiger partial charge in [-0.3, -0.25) is 19.3 Å². The summed E-state index contributed by atoms with van der Waals surface area (Å²) in [5.41, 5.74) is 3.41. The van der Waals surface area contributed by atoms with Crippen molar-refractivity contribution in [1.82, 2.24) is 4.90 Å². The first-order valence-corrected chi connectivity index (χ1v) is 13.0. The maximum absolute atomic E-state index is 13.8. The quantitative estimate of drug-likeness (QED) is 0.357. The van der Waals surface area contributed by atoms with Crippen LogP contribution in [-0.4, -0.2) is 43.4 Å². The number of halogens is 2. The molecule has 1 aliphatic heterocycles. The van der Waals surface area contributed by atoms with Gasteiger partial charge in [0.25, 0.3) is 0 Å². The van der Waals surface area contributed by atoms with Crippen molar-refractivity contribution in [3.05, 3.63) is 89.0 Å². The molecule has 0 radical (unpaired) electrons. The van der Waals surface area contributed by atoms with E-state index >= 15 is 0 Å². The number of methoxy groups -OCH3 is 2. The van der Waals surface area contributed by atoms with Crippen LogP contribution in [0.5, 0.6) is 11.5 Å². The van der Waals surface area contributed by atoms with Gasteiger partial charge in [-0.1, -0.05) is 48.5 Å². The normalized spacial score (nSPS) is 26.5. The minimum Gasteiger partial charge on any atom is -0.497 e. The van der Waals surface area contributed by atoms with Crippen LogP contribution in [0.15, 0.2) is 66.7 Å². The van der Waals surface area contributed by atoms with Crippen molar-refractivity contribution in [2.45, 2.75) is 16.2 Å². The molecule has 3 aromatic carbocycles. The monoisotopic (exact) mass is 550 g/mol. The number of likely N-dealkylation sites (tertiary alicyclic amines) is 1. The molecule has 9 heteroatoms. The largest absolute Gasteiger partial charge is 0.497 e. The third-order valence-electron chi connectivity index (χ3n) is 7.92. The fourth-order valence-electron chi connectivity index (χ4n) is 6.27. The van der Waals surface area contributed by atoms with Crippen molar-refractivity contribution in [3.8, 4) is 11.5 Å². The Morgan fingerprint density at radius 1 is 0.842 bits per heavy atom. The minimum absolute atomic E-state index is 0.0956. The second-order valence-corrected chi connectivity index (χ2v) is 10.9. The molecule has 0 unspecified atom stereocenters. The fourth-order valence-corrected chi connectivity index (χ4v) is 7.37. The summed E-state index contributed by atoms with van der Waals surface area (Å²) in [6.07, 6.45) is -0.101. The van der Waals surface area contributed by atoms with Crippen molar-refractivity contribution in [2.24, 2.45) is 11.8 Å². The third kappa shape index (κ3) is 3.18. The number of hydrogen-bond donors (Lipinski definition) is 1. The molecule has 194 valence electrons. The Hall–Kier alpha value is -3.55. The molecule has 4 aliphatic rings. The van der Waals surface area contributed by atoms with Crippen LogP contribution in [0.2, 0.25) is 0 Å². The van der Waals surface area contributed by atoms with Gasteiger partial charge >= 0.3 is 0 Å². The van der Waals surface area contributed by atoms with Crippen LogP contribution in [0.4, 0.5) is 5.69 Å². The molecule has 1 N–H and O–H groups in total. The summed E-state index contributed by atoms with van der Waals surface area (Å²) in [4.78, 5) is 39.2. The average molecular weight is 551 g/mol. The van der Waals surface area contributed by atoms with E-state index in [1.807, 2.05) is 48.5 Å². The molecule has 0 aromatic heterocycles. The van der Waals surface area contributed by atoms with E-state index in [0.29, 0.717) is 17.2 Å². The van der Waals surface area contributed by atoms with Gasteiger partial charge in [0.15, 0.2) is 0 Å². The molecule has 3 aromatic rings. The Kier molecular flexibility index (Phi) is 5.70. The molecular weight excluding hydrogens is 527 g/mol. The van der Waals surface area contributed by atoms with E-state index in [-0.39, 0.29) is 18.9 Å². The minimum atomic E-state index is -1.24. The zero-order valence-corrected chi connectivity index (χ0v) is 22.2. The van der Waals surface area contributed by atoms with E-state index in [9.17, 15) is 14.4 Å². The van der Waals surface area contributed by atoms with Crippen molar-refractivity contribution in [3.63, 3.8) is 0 Å². The van der Waals surface area contributed by atoms with Gasteiger partial charge in [-0.05, 0) is 34.4 Å². The van der Waals surface area contributed by atoms with Crippen LogP contribution in [0.1, 0.15) is 28.7 Å². The number of imide groups is 1. The number of amides is 3. The lowest BCUT2D eigenvalue weighted by Gasteiger charge is -2.54. The van der Waals surface area contributed by atoms with E-state index < -0.39 is 33.4 Å². The Balaban J connectivity index is 1.30. The van der Waals surface area contributed by atoms with Crippen LogP contribution in [0, 0.1) is 11.8 Å². The zero-order valence-electron chi connectivity index (χ0n) is 20.7. The predicted molar refractivity (Wildman–Crippen MR) is 143 cm³/mol. The first-order chi connectivity index (χ1) is 18.3. The van der Waals surface area contributed by atoms with E-state index in [4.69, 9.17) is 32.7 Å². The van der Waals surface area contributed by atoms with Crippen molar-refractivity contribution in [2.75, 3.05) is 26.1 Å². The van der Waals surface area contributed by atoms with Crippen molar-refractivity contribution >= 4 is 46.6 Å². The Morgan fingerprint density at radius 2 is 1.34 bits per heavy atom. The SMILES string of the molecule is COc1ccc(NC(=O)CCN2C(=O)[C@H]3[C@H](C2=O)C2(Cl)c4ccccc4C3(Cl)c3ccccc32)c(OC)c1. The molecule has 0 saturated carbocycles. The summed E-state index contributed by atoms with van der Waals surface area (Å²) >= 11 is 14.8. The van der Waals surface area contributed by atoms with Gasteiger partial charge in [0.05, 0.1) is 31.7 Å². The number of carbonyl (C=O) groups is 3.